The minimum absolute atomic E-state index is 0.0603. The minimum Gasteiger partial charge on any atom is -0.367 e. The molecule has 0 amide bonds. The van der Waals surface area contributed by atoms with Crippen LogP contribution in [0, 0.1) is 11.6 Å². The Morgan fingerprint density at radius 1 is 1.38 bits per heavy atom. The van der Waals surface area contributed by atoms with Crippen molar-refractivity contribution in [2.75, 3.05) is 18.0 Å². The van der Waals surface area contributed by atoms with Crippen LogP contribution < -0.4 is 10.6 Å². The van der Waals surface area contributed by atoms with Gasteiger partial charge in [0.15, 0.2) is 5.82 Å². The van der Waals surface area contributed by atoms with Crippen LogP contribution in [0.3, 0.4) is 0 Å². The van der Waals surface area contributed by atoms with Gasteiger partial charge in [0.25, 0.3) is 0 Å². The van der Waals surface area contributed by atoms with Crippen molar-refractivity contribution in [3.05, 3.63) is 28.2 Å². The van der Waals surface area contributed by atoms with Gasteiger partial charge in [-0.05, 0) is 34.8 Å². The molecule has 0 aliphatic carbocycles. The summed E-state index contributed by atoms with van der Waals surface area (Å²) in [6.45, 7) is 1.37. The predicted octanol–water partition coefficient (Wildman–Crippen LogP) is 2.65. The van der Waals surface area contributed by atoms with Crippen molar-refractivity contribution in [3.63, 3.8) is 0 Å². The fourth-order valence-electron chi connectivity index (χ4n) is 2.05. The molecule has 0 radical (unpaired) electrons. The van der Waals surface area contributed by atoms with Crippen LogP contribution in [0.15, 0.2) is 16.6 Å². The van der Waals surface area contributed by atoms with Crippen molar-refractivity contribution in [1.82, 2.24) is 0 Å². The van der Waals surface area contributed by atoms with E-state index in [1.165, 1.54) is 6.07 Å². The van der Waals surface area contributed by atoms with Crippen LogP contribution in [-0.2, 0) is 0 Å². The average molecular weight is 291 g/mol. The van der Waals surface area contributed by atoms with Crippen molar-refractivity contribution >= 4 is 21.6 Å². The number of halogens is 3. The van der Waals surface area contributed by atoms with Crippen LogP contribution in [-0.4, -0.2) is 19.1 Å². The second kappa shape index (κ2) is 4.67. The van der Waals surface area contributed by atoms with Gasteiger partial charge >= 0.3 is 0 Å². The fraction of sp³-hybridized carbons (Fsp3) is 0.455. The van der Waals surface area contributed by atoms with Gasteiger partial charge in [-0.1, -0.05) is 0 Å². The van der Waals surface area contributed by atoms with Crippen molar-refractivity contribution in [1.29, 1.82) is 0 Å². The average Bonchev–Trinajstić information content (AvgIpc) is 2.15. The fourth-order valence-corrected chi connectivity index (χ4v) is 2.71. The van der Waals surface area contributed by atoms with Crippen LogP contribution in [0.25, 0.3) is 0 Å². The maximum absolute atomic E-state index is 13.7. The van der Waals surface area contributed by atoms with Gasteiger partial charge in [0.2, 0.25) is 0 Å². The lowest BCUT2D eigenvalue weighted by Crippen LogP contribution is -2.43. The van der Waals surface area contributed by atoms with Crippen molar-refractivity contribution < 1.29 is 8.78 Å². The lowest BCUT2D eigenvalue weighted by atomic mass is 10.1. The third-order valence-electron chi connectivity index (χ3n) is 2.76. The number of benzene rings is 1. The lowest BCUT2D eigenvalue weighted by molar-refractivity contribution is 0.495. The summed E-state index contributed by atoms with van der Waals surface area (Å²) < 4.78 is 27.1. The molecule has 2 nitrogen and oxygen atoms in total. The first kappa shape index (κ1) is 11.8. The molecule has 1 aliphatic rings. The molecule has 1 aromatic carbocycles. The second-order valence-corrected chi connectivity index (χ2v) is 4.92. The Morgan fingerprint density at radius 2 is 2.12 bits per heavy atom. The number of hydrogen-bond donors (Lipinski definition) is 1. The quantitative estimate of drug-likeness (QED) is 0.862. The SMILES string of the molecule is NC1CCCN(c2c(F)cc(F)cc2Br)C1. The van der Waals surface area contributed by atoms with E-state index >= 15 is 0 Å². The molecule has 0 aromatic heterocycles. The molecule has 88 valence electrons. The summed E-state index contributed by atoms with van der Waals surface area (Å²) in [5.41, 5.74) is 6.25. The third kappa shape index (κ3) is 2.35. The van der Waals surface area contributed by atoms with Crippen molar-refractivity contribution in [3.8, 4) is 0 Å². The molecule has 1 atom stereocenters. The number of piperidine rings is 1. The summed E-state index contributed by atoms with van der Waals surface area (Å²) in [6, 6.07) is 2.24. The Labute approximate surface area is 102 Å². The van der Waals surface area contributed by atoms with E-state index in [1.54, 1.807) is 0 Å². The molecule has 16 heavy (non-hydrogen) atoms. The highest BCUT2D eigenvalue weighted by Crippen LogP contribution is 2.32. The van der Waals surface area contributed by atoms with E-state index < -0.39 is 11.6 Å². The monoisotopic (exact) mass is 290 g/mol. The Bertz CT molecular complexity index is 375. The molecular weight excluding hydrogens is 278 g/mol. The van der Waals surface area contributed by atoms with E-state index in [2.05, 4.69) is 15.9 Å². The molecule has 0 saturated carbocycles. The van der Waals surface area contributed by atoms with E-state index in [0.29, 0.717) is 16.7 Å². The molecule has 0 spiro atoms. The van der Waals surface area contributed by atoms with Gasteiger partial charge in [0, 0.05) is 29.7 Å². The van der Waals surface area contributed by atoms with Gasteiger partial charge in [-0.15, -0.1) is 0 Å². The first-order valence-corrected chi connectivity index (χ1v) is 6.02. The zero-order valence-corrected chi connectivity index (χ0v) is 10.3. The normalized spacial score (nSPS) is 21.2. The van der Waals surface area contributed by atoms with E-state index in [1.807, 2.05) is 4.90 Å². The summed E-state index contributed by atoms with van der Waals surface area (Å²) in [6.07, 6.45) is 1.89. The van der Waals surface area contributed by atoms with Crippen LogP contribution in [0.4, 0.5) is 14.5 Å². The van der Waals surface area contributed by atoms with E-state index in [4.69, 9.17) is 5.73 Å². The summed E-state index contributed by atoms with van der Waals surface area (Å²) in [5, 5.41) is 0. The van der Waals surface area contributed by atoms with E-state index in [-0.39, 0.29) is 6.04 Å². The molecule has 1 unspecified atom stereocenters. The highest BCUT2D eigenvalue weighted by molar-refractivity contribution is 9.10. The number of rotatable bonds is 1. The lowest BCUT2D eigenvalue weighted by Gasteiger charge is -2.33. The van der Waals surface area contributed by atoms with Crippen LogP contribution >= 0.6 is 15.9 Å². The predicted molar refractivity (Wildman–Crippen MR) is 63.5 cm³/mol. The molecule has 0 bridgehead atoms. The van der Waals surface area contributed by atoms with Gasteiger partial charge < -0.3 is 10.6 Å². The Kier molecular flexibility index (Phi) is 3.44. The summed E-state index contributed by atoms with van der Waals surface area (Å²) in [5.74, 6) is -1.12. The van der Waals surface area contributed by atoms with Crippen LogP contribution in [0.1, 0.15) is 12.8 Å². The first-order chi connectivity index (χ1) is 7.58. The van der Waals surface area contributed by atoms with E-state index in [0.717, 1.165) is 25.5 Å². The number of hydrogen-bond acceptors (Lipinski definition) is 2. The minimum atomic E-state index is -0.575. The molecule has 1 heterocycles. The maximum atomic E-state index is 13.7. The molecule has 1 aliphatic heterocycles. The molecular formula is C11H13BrF2N2. The largest absolute Gasteiger partial charge is 0.367 e. The zero-order chi connectivity index (χ0) is 11.7. The van der Waals surface area contributed by atoms with E-state index in [9.17, 15) is 8.78 Å². The highest BCUT2D eigenvalue weighted by atomic mass is 79.9. The van der Waals surface area contributed by atoms with Crippen molar-refractivity contribution in [2.45, 2.75) is 18.9 Å². The van der Waals surface area contributed by atoms with Gasteiger partial charge in [-0.25, -0.2) is 8.78 Å². The number of nitrogens with two attached hydrogens (primary N) is 1. The Morgan fingerprint density at radius 3 is 2.75 bits per heavy atom. The molecule has 1 fully saturated rings. The summed E-state index contributed by atoms with van der Waals surface area (Å²) >= 11 is 3.19. The van der Waals surface area contributed by atoms with Crippen LogP contribution in [0.2, 0.25) is 0 Å². The zero-order valence-electron chi connectivity index (χ0n) is 8.72. The van der Waals surface area contributed by atoms with Crippen molar-refractivity contribution in [2.24, 2.45) is 5.73 Å². The summed E-state index contributed by atoms with van der Waals surface area (Å²) in [7, 11) is 0. The maximum Gasteiger partial charge on any atom is 0.150 e. The highest BCUT2D eigenvalue weighted by Gasteiger charge is 2.22. The topological polar surface area (TPSA) is 29.3 Å². The van der Waals surface area contributed by atoms with Crippen LogP contribution in [0.5, 0.6) is 0 Å². The number of anilines is 1. The summed E-state index contributed by atoms with van der Waals surface area (Å²) in [4.78, 5) is 1.87. The molecule has 2 rings (SSSR count). The van der Waals surface area contributed by atoms with Gasteiger partial charge in [-0.2, -0.15) is 0 Å². The molecule has 1 saturated heterocycles. The molecule has 5 heteroatoms. The first-order valence-electron chi connectivity index (χ1n) is 5.23. The molecule has 2 N–H and O–H groups in total. The second-order valence-electron chi connectivity index (χ2n) is 4.07. The Hall–Kier alpha value is -0.680. The third-order valence-corrected chi connectivity index (χ3v) is 3.36. The van der Waals surface area contributed by atoms with Gasteiger partial charge in [0.1, 0.15) is 5.82 Å². The molecule has 1 aromatic rings. The van der Waals surface area contributed by atoms with Gasteiger partial charge in [-0.3, -0.25) is 0 Å². The van der Waals surface area contributed by atoms with Gasteiger partial charge in [0.05, 0.1) is 5.69 Å². The smallest absolute Gasteiger partial charge is 0.150 e. The standard InChI is InChI=1S/C11H13BrF2N2/c12-9-4-7(13)5-10(14)11(9)16-3-1-2-8(15)6-16/h4-5,8H,1-3,6,15H2. The number of nitrogens with zero attached hydrogens (tertiary/aromatic N) is 1. The Balaban J connectivity index is 2.32.